The molecule has 1 aliphatic heterocycles. The van der Waals surface area contributed by atoms with Gasteiger partial charge < -0.3 is 9.73 Å². The fourth-order valence-electron chi connectivity index (χ4n) is 6.28. The van der Waals surface area contributed by atoms with Crippen LogP contribution in [0.4, 0.5) is 0 Å². The van der Waals surface area contributed by atoms with Crippen LogP contribution in [0.2, 0.25) is 0 Å². The minimum absolute atomic E-state index is 0.387. The Morgan fingerprint density at radius 3 is 2.20 bits per heavy atom. The molecule has 208 valence electrons. The molecule has 0 saturated carbocycles. The Labute approximate surface area is 257 Å². The van der Waals surface area contributed by atoms with Crippen molar-refractivity contribution < 1.29 is 4.42 Å². The van der Waals surface area contributed by atoms with Gasteiger partial charge in [-0.25, -0.2) is 9.98 Å². The highest BCUT2D eigenvalue weighted by Gasteiger charge is 2.26. The number of thiophene rings is 1. The van der Waals surface area contributed by atoms with Crippen molar-refractivity contribution in [1.82, 2.24) is 5.32 Å². The normalized spacial score (nSPS) is 15.0. The number of para-hydroxylation sites is 2. The maximum atomic E-state index is 6.44. The molecule has 0 fully saturated rings. The van der Waals surface area contributed by atoms with E-state index in [0.717, 1.165) is 44.5 Å². The first-order valence-corrected chi connectivity index (χ1v) is 15.5. The van der Waals surface area contributed by atoms with Crippen molar-refractivity contribution in [2.45, 2.75) is 6.17 Å². The van der Waals surface area contributed by atoms with Crippen LogP contribution in [-0.4, -0.2) is 11.7 Å². The van der Waals surface area contributed by atoms with Crippen LogP contribution in [0.1, 0.15) is 22.9 Å². The molecular formula is C39H25N3OS. The first kappa shape index (κ1) is 25.0. The van der Waals surface area contributed by atoms with Crippen molar-refractivity contribution in [3.63, 3.8) is 0 Å². The summed E-state index contributed by atoms with van der Waals surface area (Å²) in [4.78, 5) is 10.3. The largest absolute Gasteiger partial charge is 0.456 e. The summed E-state index contributed by atoms with van der Waals surface area (Å²) in [5.41, 5.74) is 7.13. The average Bonchev–Trinajstić information content (AvgIpc) is 3.67. The molecule has 1 N–H and O–H groups in total. The van der Waals surface area contributed by atoms with Crippen molar-refractivity contribution in [2.24, 2.45) is 9.98 Å². The van der Waals surface area contributed by atoms with Crippen LogP contribution in [-0.2, 0) is 0 Å². The van der Waals surface area contributed by atoms with Gasteiger partial charge in [0.05, 0.1) is 0 Å². The van der Waals surface area contributed by atoms with Gasteiger partial charge in [0.1, 0.15) is 17.0 Å². The van der Waals surface area contributed by atoms with E-state index in [2.05, 4.69) is 108 Å². The van der Waals surface area contributed by atoms with Crippen LogP contribution < -0.4 is 5.32 Å². The lowest BCUT2D eigenvalue weighted by molar-refractivity contribution is 0.629. The fraction of sp³-hybridized carbons (Fsp3) is 0.0256. The summed E-state index contributed by atoms with van der Waals surface area (Å²) in [6, 6.07) is 48.5. The number of aliphatic imine (C=N–C) groups is 2. The molecular weight excluding hydrogens is 559 g/mol. The summed E-state index contributed by atoms with van der Waals surface area (Å²) in [6.07, 6.45) is -0.387. The highest BCUT2D eigenvalue weighted by Crippen LogP contribution is 2.40. The minimum Gasteiger partial charge on any atom is -0.456 e. The van der Waals surface area contributed by atoms with E-state index in [1.807, 2.05) is 47.7 Å². The summed E-state index contributed by atoms with van der Waals surface area (Å²) in [5.74, 6) is 1.49. The molecule has 0 aliphatic carbocycles. The third-order valence-electron chi connectivity index (χ3n) is 8.36. The predicted octanol–water partition coefficient (Wildman–Crippen LogP) is 10.1. The molecule has 0 amide bonds. The minimum atomic E-state index is -0.387. The van der Waals surface area contributed by atoms with Gasteiger partial charge in [-0.05, 0) is 35.4 Å². The van der Waals surface area contributed by atoms with E-state index < -0.39 is 0 Å². The van der Waals surface area contributed by atoms with E-state index >= 15 is 0 Å². The van der Waals surface area contributed by atoms with Gasteiger partial charge in [0, 0.05) is 47.6 Å². The predicted molar refractivity (Wildman–Crippen MR) is 184 cm³/mol. The number of benzene rings is 6. The van der Waals surface area contributed by atoms with Gasteiger partial charge in [0.2, 0.25) is 0 Å². The highest BCUT2D eigenvalue weighted by atomic mass is 32.1. The van der Waals surface area contributed by atoms with Gasteiger partial charge in [-0.3, -0.25) is 0 Å². The Morgan fingerprint density at radius 2 is 1.34 bits per heavy atom. The lowest BCUT2D eigenvalue weighted by atomic mass is 10.00. The van der Waals surface area contributed by atoms with Gasteiger partial charge >= 0.3 is 0 Å². The lowest BCUT2D eigenvalue weighted by Crippen LogP contribution is -2.33. The van der Waals surface area contributed by atoms with Gasteiger partial charge in [-0.2, -0.15) is 0 Å². The molecule has 0 spiro atoms. The SMILES string of the molecule is c1ccc(C2=NC(c3cccc4c3oc3ccccc34)NC(c3cccc4sc5ccc(-c6ccccc6)cc5c34)=N2)cc1. The third kappa shape index (κ3) is 4.05. The van der Waals surface area contributed by atoms with Gasteiger partial charge in [-0.1, -0.05) is 115 Å². The molecule has 8 aromatic rings. The standard InChI is InChI=1S/C39H25N3OS/c1-3-11-24(12-4-1)26-21-22-33-31(23-26)35-29(17-10-20-34(35)44-33)38-40-37(25-13-5-2-6-14-25)41-39(42-38)30-18-9-16-28-27-15-7-8-19-32(27)43-36(28)30/h1-23,39H,(H,40,41,42). The summed E-state index contributed by atoms with van der Waals surface area (Å²) in [6.45, 7) is 0. The Kier molecular flexibility index (Phi) is 5.71. The van der Waals surface area contributed by atoms with Crippen molar-refractivity contribution >= 4 is 65.1 Å². The number of nitrogens with zero attached hydrogens (tertiary/aromatic N) is 2. The van der Waals surface area contributed by atoms with Gasteiger partial charge in [0.15, 0.2) is 12.0 Å². The Balaban J connectivity index is 1.24. The number of hydrogen-bond acceptors (Lipinski definition) is 5. The first-order chi connectivity index (χ1) is 21.8. The molecule has 4 nitrogen and oxygen atoms in total. The van der Waals surface area contributed by atoms with Crippen LogP contribution in [0.15, 0.2) is 154 Å². The third-order valence-corrected chi connectivity index (χ3v) is 9.50. The molecule has 1 aliphatic rings. The molecule has 9 rings (SSSR count). The number of furan rings is 1. The Bertz CT molecular complexity index is 2420. The molecule has 3 heterocycles. The number of hydrogen-bond donors (Lipinski definition) is 1. The van der Waals surface area contributed by atoms with E-state index in [-0.39, 0.29) is 6.17 Å². The lowest BCUT2D eigenvalue weighted by Gasteiger charge is -2.24. The van der Waals surface area contributed by atoms with Gasteiger partial charge in [-0.15, -0.1) is 11.3 Å². The topological polar surface area (TPSA) is 49.9 Å². The van der Waals surface area contributed by atoms with Crippen molar-refractivity contribution in [3.05, 3.63) is 156 Å². The zero-order valence-corrected chi connectivity index (χ0v) is 24.4. The number of fused-ring (bicyclic) bond motifs is 6. The monoisotopic (exact) mass is 583 g/mol. The summed E-state index contributed by atoms with van der Waals surface area (Å²) < 4.78 is 8.92. The van der Waals surface area contributed by atoms with E-state index in [4.69, 9.17) is 14.4 Å². The second-order valence-electron chi connectivity index (χ2n) is 11.0. The molecule has 0 bridgehead atoms. The van der Waals surface area contributed by atoms with Crippen LogP contribution in [0, 0.1) is 0 Å². The molecule has 0 radical (unpaired) electrons. The number of rotatable bonds is 4. The first-order valence-electron chi connectivity index (χ1n) is 14.7. The number of nitrogens with one attached hydrogen (secondary N) is 1. The molecule has 1 atom stereocenters. The van der Waals surface area contributed by atoms with Crippen molar-refractivity contribution in [1.29, 1.82) is 0 Å². The maximum absolute atomic E-state index is 6.44. The molecule has 2 aromatic heterocycles. The molecule has 0 saturated heterocycles. The van der Waals surface area contributed by atoms with Crippen LogP contribution >= 0.6 is 11.3 Å². The van der Waals surface area contributed by atoms with E-state index in [0.29, 0.717) is 5.84 Å². The van der Waals surface area contributed by atoms with Crippen molar-refractivity contribution in [3.8, 4) is 11.1 Å². The molecule has 6 aromatic carbocycles. The summed E-state index contributed by atoms with van der Waals surface area (Å²) >= 11 is 1.81. The Hall–Kier alpha value is -5.52. The second-order valence-corrected chi connectivity index (χ2v) is 12.1. The van der Waals surface area contributed by atoms with Crippen LogP contribution in [0.3, 0.4) is 0 Å². The van der Waals surface area contributed by atoms with E-state index in [1.54, 1.807) is 0 Å². The van der Waals surface area contributed by atoms with Crippen molar-refractivity contribution in [2.75, 3.05) is 0 Å². The molecule has 1 unspecified atom stereocenters. The molecule has 44 heavy (non-hydrogen) atoms. The average molecular weight is 584 g/mol. The summed E-state index contributed by atoms with van der Waals surface area (Å²) in [7, 11) is 0. The Morgan fingerprint density at radius 1 is 0.591 bits per heavy atom. The quantitative estimate of drug-likeness (QED) is 0.224. The van der Waals surface area contributed by atoms with E-state index in [1.165, 1.54) is 31.3 Å². The summed E-state index contributed by atoms with van der Waals surface area (Å²) in [5, 5.41) is 8.34. The smallest absolute Gasteiger partial charge is 0.159 e. The molecule has 5 heteroatoms. The van der Waals surface area contributed by atoms with Gasteiger partial charge in [0.25, 0.3) is 0 Å². The van der Waals surface area contributed by atoms with Crippen LogP contribution in [0.5, 0.6) is 0 Å². The zero-order valence-electron chi connectivity index (χ0n) is 23.6. The highest BCUT2D eigenvalue weighted by molar-refractivity contribution is 7.25. The van der Waals surface area contributed by atoms with Crippen LogP contribution in [0.25, 0.3) is 53.2 Å². The fourth-order valence-corrected chi connectivity index (χ4v) is 7.39. The maximum Gasteiger partial charge on any atom is 0.159 e. The second kappa shape index (κ2) is 10.0. The zero-order chi connectivity index (χ0) is 29.0. The van der Waals surface area contributed by atoms with E-state index in [9.17, 15) is 0 Å². The number of amidine groups is 2.